The number of ether oxygens (including phenoxy) is 2. The van der Waals surface area contributed by atoms with Crippen molar-refractivity contribution >= 4 is 21.9 Å². The lowest BCUT2D eigenvalue weighted by atomic mass is 10.3. The summed E-state index contributed by atoms with van der Waals surface area (Å²) in [4.78, 5) is 11.2. The number of nitrogens with two attached hydrogens (primary N) is 1. The molecule has 15 heavy (non-hydrogen) atoms. The average Bonchev–Trinajstić information content (AvgIpc) is 2.27. The average molecular weight is 274 g/mol. The number of carbonyl (C=O) groups excluding carboxylic acids is 1. The molecule has 1 rings (SSSR count). The van der Waals surface area contributed by atoms with Gasteiger partial charge in [0.05, 0.1) is 7.11 Å². The molecule has 0 fully saturated rings. The summed E-state index contributed by atoms with van der Waals surface area (Å²) in [7, 11) is 1.30. The highest BCUT2D eigenvalue weighted by Crippen LogP contribution is 2.17. The molecule has 0 radical (unpaired) electrons. The van der Waals surface area contributed by atoms with Crippen LogP contribution in [0.1, 0.15) is 0 Å². The van der Waals surface area contributed by atoms with E-state index in [0.29, 0.717) is 5.75 Å². The molecule has 2 N–H and O–H groups in total. The van der Waals surface area contributed by atoms with Crippen LogP contribution in [0.2, 0.25) is 0 Å². The standard InChI is InChI=1S/C10H12BrNO3/c1-14-10(13)9(6-12)15-8-4-2-7(11)3-5-8/h2-5,9H,6,12H2,1H3. The van der Waals surface area contributed by atoms with Crippen LogP contribution in [-0.2, 0) is 9.53 Å². The SMILES string of the molecule is COC(=O)C(CN)Oc1ccc(Br)cc1. The predicted molar refractivity (Wildman–Crippen MR) is 59.6 cm³/mol. The summed E-state index contributed by atoms with van der Waals surface area (Å²) in [6.45, 7) is 0.0860. The molecule has 0 aliphatic heterocycles. The number of hydrogen-bond acceptors (Lipinski definition) is 4. The van der Waals surface area contributed by atoms with E-state index < -0.39 is 12.1 Å². The molecule has 1 aromatic carbocycles. The third-order valence-corrected chi connectivity index (χ3v) is 2.30. The van der Waals surface area contributed by atoms with Gasteiger partial charge in [0.2, 0.25) is 6.10 Å². The van der Waals surface area contributed by atoms with Crippen molar-refractivity contribution < 1.29 is 14.3 Å². The number of esters is 1. The fourth-order valence-corrected chi connectivity index (χ4v) is 1.27. The minimum Gasteiger partial charge on any atom is -0.477 e. The molecular weight excluding hydrogens is 262 g/mol. The van der Waals surface area contributed by atoms with Crippen LogP contribution in [0.25, 0.3) is 0 Å². The zero-order valence-corrected chi connectivity index (χ0v) is 9.86. The molecule has 0 spiro atoms. The van der Waals surface area contributed by atoms with Gasteiger partial charge in [0.25, 0.3) is 0 Å². The van der Waals surface area contributed by atoms with Crippen LogP contribution >= 0.6 is 15.9 Å². The Morgan fingerprint density at radius 1 is 1.47 bits per heavy atom. The summed E-state index contributed by atoms with van der Waals surface area (Å²) in [6.07, 6.45) is -0.754. The van der Waals surface area contributed by atoms with Crippen LogP contribution in [0.4, 0.5) is 0 Å². The van der Waals surface area contributed by atoms with Crippen molar-refractivity contribution in [1.29, 1.82) is 0 Å². The maximum atomic E-state index is 11.2. The minimum atomic E-state index is -0.754. The van der Waals surface area contributed by atoms with E-state index in [1.54, 1.807) is 12.1 Å². The Balaban J connectivity index is 2.66. The summed E-state index contributed by atoms with van der Waals surface area (Å²) in [5.74, 6) is 0.111. The highest BCUT2D eigenvalue weighted by Gasteiger charge is 2.18. The topological polar surface area (TPSA) is 61.5 Å². The second-order valence-corrected chi connectivity index (χ2v) is 3.73. The summed E-state index contributed by atoms with van der Waals surface area (Å²) >= 11 is 3.30. The van der Waals surface area contributed by atoms with E-state index in [4.69, 9.17) is 10.5 Å². The summed E-state index contributed by atoms with van der Waals surface area (Å²) in [5.41, 5.74) is 5.39. The molecule has 1 atom stereocenters. The van der Waals surface area contributed by atoms with Gasteiger partial charge < -0.3 is 15.2 Å². The van der Waals surface area contributed by atoms with Crippen molar-refractivity contribution in [3.63, 3.8) is 0 Å². The van der Waals surface area contributed by atoms with Crippen molar-refractivity contribution in [3.8, 4) is 5.75 Å². The molecule has 0 amide bonds. The van der Waals surface area contributed by atoms with Gasteiger partial charge in [-0.2, -0.15) is 0 Å². The predicted octanol–water partition coefficient (Wildman–Crippen LogP) is 1.33. The Labute approximate surface area is 96.5 Å². The van der Waals surface area contributed by atoms with E-state index in [1.807, 2.05) is 12.1 Å². The van der Waals surface area contributed by atoms with Crippen LogP contribution in [0.3, 0.4) is 0 Å². The third kappa shape index (κ3) is 3.53. The largest absolute Gasteiger partial charge is 0.477 e. The Hall–Kier alpha value is -1.07. The van der Waals surface area contributed by atoms with Crippen LogP contribution in [-0.4, -0.2) is 25.7 Å². The van der Waals surface area contributed by atoms with Gasteiger partial charge in [-0.1, -0.05) is 15.9 Å². The highest BCUT2D eigenvalue weighted by molar-refractivity contribution is 9.10. The minimum absolute atomic E-state index is 0.0860. The molecule has 0 saturated heterocycles. The molecule has 0 aliphatic rings. The van der Waals surface area contributed by atoms with Gasteiger partial charge in [0.1, 0.15) is 5.75 Å². The van der Waals surface area contributed by atoms with E-state index in [1.165, 1.54) is 7.11 Å². The normalized spacial score (nSPS) is 11.9. The number of hydrogen-bond donors (Lipinski definition) is 1. The van der Waals surface area contributed by atoms with Crippen molar-refractivity contribution in [3.05, 3.63) is 28.7 Å². The Kier molecular flexibility index (Phi) is 4.58. The van der Waals surface area contributed by atoms with E-state index >= 15 is 0 Å². The monoisotopic (exact) mass is 273 g/mol. The van der Waals surface area contributed by atoms with E-state index in [9.17, 15) is 4.79 Å². The van der Waals surface area contributed by atoms with Crippen LogP contribution in [0.5, 0.6) is 5.75 Å². The summed E-state index contributed by atoms with van der Waals surface area (Å²) in [6, 6.07) is 7.13. The molecule has 5 heteroatoms. The second-order valence-electron chi connectivity index (χ2n) is 2.82. The Morgan fingerprint density at radius 3 is 2.53 bits per heavy atom. The van der Waals surface area contributed by atoms with Gasteiger partial charge in [-0.15, -0.1) is 0 Å². The number of rotatable bonds is 4. The smallest absolute Gasteiger partial charge is 0.348 e. The van der Waals surface area contributed by atoms with E-state index in [2.05, 4.69) is 20.7 Å². The van der Waals surface area contributed by atoms with Gasteiger partial charge in [0, 0.05) is 11.0 Å². The van der Waals surface area contributed by atoms with Gasteiger partial charge in [-0.05, 0) is 24.3 Å². The first kappa shape index (κ1) is 12.0. The van der Waals surface area contributed by atoms with Gasteiger partial charge in [0.15, 0.2) is 0 Å². The first-order chi connectivity index (χ1) is 7.17. The van der Waals surface area contributed by atoms with Crippen LogP contribution < -0.4 is 10.5 Å². The lowest BCUT2D eigenvalue weighted by molar-refractivity contribution is -0.148. The number of benzene rings is 1. The van der Waals surface area contributed by atoms with E-state index in [0.717, 1.165) is 4.47 Å². The molecule has 4 nitrogen and oxygen atoms in total. The molecule has 1 unspecified atom stereocenters. The molecule has 0 saturated carbocycles. The number of carbonyl (C=O) groups is 1. The molecule has 0 aliphatic carbocycles. The fourth-order valence-electron chi connectivity index (χ4n) is 1.00. The Bertz CT molecular complexity index is 326. The molecule has 0 bridgehead atoms. The van der Waals surface area contributed by atoms with E-state index in [-0.39, 0.29) is 6.54 Å². The molecule has 0 aromatic heterocycles. The summed E-state index contributed by atoms with van der Waals surface area (Å²) in [5, 5.41) is 0. The maximum Gasteiger partial charge on any atom is 0.348 e. The van der Waals surface area contributed by atoms with Crippen molar-refractivity contribution in [2.45, 2.75) is 6.10 Å². The van der Waals surface area contributed by atoms with Crippen molar-refractivity contribution in [2.75, 3.05) is 13.7 Å². The lowest BCUT2D eigenvalue weighted by Gasteiger charge is -2.14. The Morgan fingerprint density at radius 2 is 2.07 bits per heavy atom. The molecule has 82 valence electrons. The second kappa shape index (κ2) is 5.72. The zero-order valence-electron chi connectivity index (χ0n) is 8.27. The first-order valence-corrected chi connectivity index (χ1v) is 5.16. The number of halogens is 1. The highest BCUT2D eigenvalue weighted by atomic mass is 79.9. The molecular formula is C10H12BrNO3. The zero-order chi connectivity index (χ0) is 11.3. The molecule has 1 aromatic rings. The summed E-state index contributed by atoms with van der Waals surface area (Å²) < 4.78 is 10.8. The van der Waals surface area contributed by atoms with Crippen molar-refractivity contribution in [1.82, 2.24) is 0 Å². The quantitative estimate of drug-likeness (QED) is 0.841. The molecule has 0 heterocycles. The van der Waals surface area contributed by atoms with Crippen LogP contribution in [0.15, 0.2) is 28.7 Å². The van der Waals surface area contributed by atoms with Gasteiger partial charge in [-0.25, -0.2) is 4.79 Å². The third-order valence-electron chi connectivity index (χ3n) is 1.77. The number of methoxy groups -OCH3 is 1. The lowest BCUT2D eigenvalue weighted by Crippen LogP contribution is -2.35. The van der Waals surface area contributed by atoms with Gasteiger partial charge >= 0.3 is 5.97 Å². The maximum absolute atomic E-state index is 11.2. The van der Waals surface area contributed by atoms with Crippen molar-refractivity contribution in [2.24, 2.45) is 5.73 Å². The van der Waals surface area contributed by atoms with Crippen LogP contribution in [0, 0.1) is 0 Å². The first-order valence-electron chi connectivity index (χ1n) is 4.37. The van der Waals surface area contributed by atoms with Gasteiger partial charge in [-0.3, -0.25) is 0 Å². The fraction of sp³-hybridized carbons (Fsp3) is 0.300.